The van der Waals surface area contributed by atoms with Gasteiger partial charge < -0.3 is 29.3 Å². The Morgan fingerprint density at radius 2 is 1.68 bits per heavy atom. The highest BCUT2D eigenvalue weighted by molar-refractivity contribution is 6.00. The average molecular weight is 475 g/mol. The summed E-state index contributed by atoms with van der Waals surface area (Å²) in [5.41, 5.74) is 0.722. The van der Waals surface area contributed by atoms with E-state index >= 15 is 0 Å². The molecule has 34 heavy (non-hydrogen) atoms. The number of nitrogens with zero attached hydrogens (tertiary/aromatic N) is 3. The van der Waals surface area contributed by atoms with E-state index in [-0.39, 0.29) is 36.7 Å². The summed E-state index contributed by atoms with van der Waals surface area (Å²) in [5, 5.41) is 2.98. The van der Waals surface area contributed by atoms with Crippen molar-refractivity contribution in [2.24, 2.45) is 5.92 Å². The maximum atomic E-state index is 12.6. The van der Waals surface area contributed by atoms with E-state index in [9.17, 15) is 14.4 Å². The van der Waals surface area contributed by atoms with Crippen molar-refractivity contribution in [1.82, 2.24) is 15.1 Å². The maximum absolute atomic E-state index is 12.6. The number of hydrogen-bond acceptors (Lipinski definition) is 7. The molecular weight excluding hydrogens is 440 g/mol. The molecule has 0 spiro atoms. The van der Waals surface area contributed by atoms with E-state index in [1.54, 1.807) is 34.1 Å². The zero-order valence-corrected chi connectivity index (χ0v) is 19.6. The van der Waals surface area contributed by atoms with Crippen LogP contribution < -0.4 is 15.0 Å². The molecule has 10 nitrogen and oxygen atoms in total. The lowest BCUT2D eigenvalue weighted by atomic mass is 10.1. The normalized spacial score (nSPS) is 21.5. The molecule has 0 saturated carbocycles. The van der Waals surface area contributed by atoms with Crippen molar-refractivity contribution < 1.29 is 28.6 Å². The summed E-state index contributed by atoms with van der Waals surface area (Å²) < 4.78 is 16.2. The van der Waals surface area contributed by atoms with Crippen molar-refractivity contribution in [2.75, 3.05) is 83.7 Å². The van der Waals surface area contributed by atoms with Gasteiger partial charge in [-0.3, -0.25) is 19.3 Å². The third-order valence-corrected chi connectivity index (χ3v) is 6.42. The minimum Gasteiger partial charge on any atom is -0.484 e. The van der Waals surface area contributed by atoms with Crippen LogP contribution in [0.15, 0.2) is 24.3 Å². The molecule has 1 aromatic rings. The molecule has 186 valence electrons. The van der Waals surface area contributed by atoms with Crippen LogP contribution in [0, 0.1) is 5.92 Å². The number of carbonyl (C=O) groups excluding carboxylic acids is 3. The molecule has 0 aliphatic carbocycles. The molecule has 0 radical (unpaired) electrons. The second-order valence-electron chi connectivity index (χ2n) is 8.78. The fraction of sp³-hybridized carbons (Fsp3) is 0.625. The lowest BCUT2D eigenvalue weighted by Crippen LogP contribution is -2.42. The molecule has 3 aliphatic rings. The third kappa shape index (κ3) is 6.68. The van der Waals surface area contributed by atoms with Gasteiger partial charge in [0.1, 0.15) is 5.75 Å². The zero-order chi connectivity index (χ0) is 23.8. The van der Waals surface area contributed by atoms with Gasteiger partial charge in [0.25, 0.3) is 5.91 Å². The SMILES string of the molecule is O=C(NCCCN1CCOCC1)[C@H]1CC(=O)N(c2ccc(OCC(=O)N3CCOCC3)cc2)C1. The van der Waals surface area contributed by atoms with Gasteiger partial charge in [-0.15, -0.1) is 0 Å². The summed E-state index contributed by atoms with van der Waals surface area (Å²) in [4.78, 5) is 43.0. The maximum Gasteiger partial charge on any atom is 0.260 e. The number of anilines is 1. The molecule has 3 aliphatic heterocycles. The summed E-state index contributed by atoms with van der Waals surface area (Å²) in [6.45, 7) is 7.57. The van der Waals surface area contributed by atoms with Crippen molar-refractivity contribution >= 4 is 23.4 Å². The van der Waals surface area contributed by atoms with E-state index in [0.717, 1.165) is 45.0 Å². The summed E-state index contributed by atoms with van der Waals surface area (Å²) in [6.07, 6.45) is 1.09. The topological polar surface area (TPSA) is 101 Å². The van der Waals surface area contributed by atoms with E-state index in [1.165, 1.54) is 0 Å². The Balaban J connectivity index is 1.19. The fourth-order valence-electron chi connectivity index (χ4n) is 4.39. The van der Waals surface area contributed by atoms with E-state index in [0.29, 0.717) is 45.1 Å². The van der Waals surface area contributed by atoms with Crippen molar-refractivity contribution in [3.63, 3.8) is 0 Å². The third-order valence-electron chi connectivity index (χ3n) is 6.42. The zero-order valence-electron chi connectivity index (χ0n) is 19.6. The number of carbonyl (C=O) groups is 3. The molecule has 1 aromatic carbocycles. The number of rotatable bonds is 9. The largest absolute Gasteiger partial charge is 0.484 e. The molecule has 0 unspecified atom stereocenters. The van der Waals surface area contributed by atoms with Gasteiger partial charge in [0, 0.05) is 51.4 Å². The van der Waals surface area contributed by atoms with Gasteiger partial charge in [0.05, 0.1) is 32.3 Å². The molecule has 3 saturated heterocycles. The summed E-state index contributed by atoms with van der Waals surface area (Å²) in [6, 6.07) is 7.06. The standard InChI is InChI=1S/C24H34N4O6/c29-22-16-19(24(31)25-6-1-7-26-8-12-32-13-9-26)17-28(22)20-2-4-21(5-3-20)34-18-23(30)27-10-14-33-15-11-27/h2-5,19H,1,6-18H2,(H,25,31)/t19-/m0/s1. The molecule has 0 bridgehead atoms. The van der Waals surface area contributed by atoms with Crippen molar-refractivity contribution in [3.05, 3.63) is 24.3 Å². The first-order valence-corrected chi connectivity index (χ1v) is 12.1. The first-order valence-electron chi connectivity index (χ1n) is 12.1. The second kappa shape index (κ2) is 12.1. The Morgan fingerprint density at radius 1 is 1.00 bits per heavy atom. The van der Waals surface area contributed by atoms with Crippen LogP contribution in [0.4, 0.5) is 5.69 Å². The number of morpholine rings is 2. The second-order valence-corrected chi connectivity index (χ2v) is 8.78. The highest BCUT2D eigenvalue weighted by atomic mass is 16.5. The number of benzene rings is 1. The Hall–Kier alpha value is -2.69. The Bertz CT molecular complexity index is 836. The van der Waals surface area contributed by atoms with Gasteiger partial charge in [-0.05, 0) is 37.2 Å². The van der Waals surface area contributed by atoms with Crippen molar-refractivity contribution in [3.8, 4) is 5.75 Å². The van der Waals surface area contributed by atoms with Crippen LogP contribution in [0.1, 0.15) is 12.8 Å². The molecule has 4 rings (SSSR count). The van der Waals surface area contributed by atoms with E-state index in [4.69, 9.17) is 14.2 Å². The van der Waals surface area contributed by atoms with Crippen LogP contribution in [0.3, 0.4) is 0 Å². The monoisotopic (exact) mass is 474 g/mol. The number of ether oxygens (including phenoxy) is 3. The molecular formula is C24H34N4O6. The lowest BCUT2D eigenvalue weighted by molar-refractivity contribution is -0.137. The minimum atomic E-state index is -0.349. The minimum absolute atomic E-state index is 0.0320. The van der Waals surface area contributed by atoms with Crippen LogP contribution in [0.2, 0.25) is 0 Å². The van der Waals surface area contributed by atoms with Gasteiger partial charge >= 0.3 is 0 Å². The van der Waals surface area contributed by atoms with E-state index in [2.05, 4.69) is 10.2 Å². The van der Waals surface area contributed by atoms with Crippen LogP contribution in [0.25, 0.3) is 0 Å². The Kier molecular flexibility index (Phi) is 8.73. The summed E-state index contributed by atoms with van der Waals surface area (Å²) in [5.74, 6) is 0.00876. The molecule has 1 N–H and O–H groups in total. The predicted molar refractivity (Wildman–Crippen MR) is 125 cm³/mol. The van der Waals surface area contributed by atoms with E-state index < -0.39 is 0 Å². The Morgan fingerprint density at radius 3 is 2.38 bits per heavy atom. The van der Waals surface area contributed by atoms with Gasteiger partial charge in [-0.25, -0.2) is 0 Å². The van der Waals surface area contributed by atoms with Gasteiger partial charge in [0.15, 0.2) is 6.61 Å². The predicted octanol–water partition coefficient (Wildman–Crippen LogP) is 0.116. The molecule has 0 aromatic heterocycles. The van der Waals surface area contributed by atoms with Crippen LogP contribution in [-0.4, -0.2) is 106 Å². The van der Waals surface area contributed by atoms with Crippen LogP contribution in [0.5, 0.6) is 5.75 Å². The highest BCUT2D eigenvalue weighted by Gasteiger charge is 2.35. The van der Waals surface area contributed by atoms with E-state index in [1.807, 2.05) is 0 Å². The van der Waals surface area contributed by atoms with Crippen LogP contribution >= 0.6 is 0 Å². The van der Waals surface area contributed by atoms with Gasteiger partial charge in [-0.1, -0.05) is 0 Å². The summed E-state index contributed by atoms with van der Waals surface area (Å²) in [7, 11) is 0. The quantitative estimate of drug-likeness (QED) is 0.507. The highest BCUT2D eigenvalue weighted by Crippen LogP contribution is 2.27. The molecule has 3 fully saturated rings. The fourth-order valence-corrected chi connectivity index (χ4v) is 4.39. The molecule has 3 amide bonds. The number of amides is 3. The smallest absolute Gasteiger partial charge is 0.260 e. The van der Waals surface area contributed by atoms with Crippen molar-refractivity contribution in [2.45, 2.75) is 12.8 Å². The first kappa shape index (κ1) is 24.4. The Labute approximate surface area is 200 Å². The van der Waals surface area contributed by atoms with Crippen molar-refractivity contribution in [1.29, 1.82) is 0 Å². The summed E-state index contributed by atoms with van der Waals surface area (Å²) >= 11 is 0. The molecule has 10 heteroatoms. The number of hydrogen-bond donors (Lipinski definition) is 1. The number of nitrogens with one attached hydrogen (secondary N) is 1. The first-order chi connectivity index (χ1) is 16.6. The molecule has 1 atom stereocenters. The van der Waals surface area contributed by atoms with Gasteiger partial charge in [-0.2, -0.15) is 0 Å². The van der Waals surface area contributed by atoms with Gasteiger partial charge in [0.2, 0.25) is 11.8 Å². The average Bonchev–Trinajstić information content (AvgIpc) is 3.28. The lowest BCUT2D eigenvalue weighted by Gasteiger charge is -2.26. The van der Waals surface area contributed by atoms with Crippen LogP contribution in [-0.2, 0) is 23.9 Å². The molecule has 3 heterocycles.